The zero-order valence-electron chi connectivity index (χ0n) is 25.2. The number of aromatic nitrogens is 4. The first-order valence-electron chi connectivity index (χ1n) is 14.2. The summed E-state index contributed by atoms with van der Waals surface area (Å²) in [5, 5.41) is 6.18. The topological polar surface area (TPSA) is 144 Å². The van der Waals surface area contributed by atoms with Gasteiger partial charge in [-0.15, -0.1) is 0 Å². The number of carbonyl (C=O) groups is 1. The molecule has 4 aromatic rings. The molecule has 1 aromatic carbocycles. The average Bonchev–Trinajstić information content (AvgIpc) is 2.97. The van der Waals surface area contributed by atoms with Gasteiger partial charge >= 0.3 is 5.69 Å². The number of aryl methyl sites for hydroxylation is 1. The molecule has 0 spiro atoms. The number of primary sulfonamides is 1. The number of nitrogens with two attached hydrogens (primary N) is 1. The largest absolute Gasteiger partial charge is 0.355 e. The van der Waals surface area contributed by atoms with E-state index in [9.17, 15) is 18.0 Å². The SMILES string of the molecule is C=CC(=O)N1CC(C)N(c2nc(=O)n(-c3c(C)ccnc3C(C)C)c3nc(-c4ccccc4S(N)(=O)=O)c(Cl)cc23)CC1C. The van der Waals surface area contributed by atoms with E-state index >= 15 is 0 Å². The molecule has 230 valence electrons. The van der Waals surface area contributed by atoms with Crippen molar-refractivity contribution in [2.24, 2.45) is 5.14 Å². The van der Waals surface area contributed by atoms with Crippen LogP contribution in [0.1, 0.15) is 44.9 Å². The van der Waals surface area contributed by atoms with E-state index in [1.54, 1.807) is 41.4 Å². The minimum atomic E-state index is -4.14. The van der Waals surface area contributed by atoms with E-state index in [1.165, 1.54) is 16.7 Å². The number of piperazine rings is 1. The molecule has 0 saturated carbocycles. The molecule has 2 atom stereocenters. The Bertz CT molecular complexity index is 1980. The van der Waals surface area contributed by atoms with Crippen molar-refractivity contribution in [2.45, 2.75) is 57.5 Å². The summed E-state index contributed by atoms with van der Waals surface area (Å²) in [6.07, 6.45) is 2.98. The number of hydrogen-bond acceptors (Lipinski definition) is 8. The highest BCUT2D eigenvalue weighted by atomic mass is 35.5. The molecule has 1 aliphatic heterocycles. The molecular formula is C31H34ClN7O4S. The molecule has 1 aliphatic rings. The Balaban J connectivity index is 1.86. The van der Waals surface area contributed by atoms with Crippen LogP contribution in [-0.2, 0) is 14.8 Å². The van der Waals surface area contributed by atoms with E-state index in [4.69, 9.17) is 21.7 Å². The molecule has 2 unspecified atom stereocenters. The van der Waals surface area contributed by atoms with Gasteiger partial charge in [0.1, 0.15) is 5.82 Å². The zero-order chi connectivity index (χ0) is 32.1. The molecule has 13 heteroatoms. The van der Waals surface area contributed by atoms with Crippen molar-refractivity contribution in [1.82, 2.24) is 24.4 Å². The van der Waals surface area contributed by atoms with Crippen LogP contribution < -0.4 is 15.7 Å². The van der Waals surface area contributed by atoms with Gasteiger partial charge in [0, 0.05) is 36.9 Å². The molecule has 0 bridgehead atoms. The van der Waals surface area contributed by atoms with Crippen LogP contribution in [0.15, 0.2) is 64.9 Å². The maximum Gasteiger partial charge on any atom is 0.355 e. The lowest BCUT2D eigenvalue weighted by Gasteiger charge is -2.44. The van der Waals surface area contributed by atoms with Crippen LogP contribution in [0.3, 0.4) is 0 Å². The summed E-state index contributed by atoms with van der Waals surface area (Å²) in [5.74, 6) is 0.144. The number of nitrogens with zero attached hydrogens (tertiary/aromatic N) is 6. The molecule has 3 aromatic heterocycles. The third-order valence-electron chi connectivity index (χ3n) is 7.89. The summed E-state index contributed by atoms with van der Waals surface area (Å²) in [5.41, 5.74) is 1.98. The smallest absolute Gasteiger partial charge is 0.349 e. The standard InChI is InChI=1S/C31H34ClN7O4S/c1-7-25(40)37-15-20(6)38(16-19(37)5)29-22-14-23(32)27(21-10-8-9-11-24(21)44(33,42)43)35-30(22)39(31(41)36-29)28-18(4)12-13-34-26(28)17(2)3/h7-14,17,19-20H,1,15-16H2,2-6H3,(H2,33,42,43). The predicted molar refractivity (Wildman–Crippen MR) is 172 cm³/mol. The quantitative estimate of drug-likeness (QED) is 0.311. The summed E-state index contributed by atoms with van der Waals surface area (Å²) >= 11 is 6.86. The van der Waals surface area contributed by atoms with Crippen molar-refractivity contribution in [3.05, 3.63) is 82.0 Å². The molecule has 4 heterocycles. The maximum absolute atomic E-state index is 14.1. The summed E-state index contributed by atoms with van der Waals surface area (Å²) in [4.78, 5) is 44.2. The molecule has 44 heavy (non-hydrogen) atoms. The van der Waals surface area contributed by atoms with Gasteiger partial charge in [0.05, 0.1) is 32.4 Å². The number of amides is 1. The van der Waals surface area contributed by atoms with E-state index < -0.39 is 15.7 Å². The molecule has 2 N–H and O–H groups in total. The minimum absolute atomic E-state index is 0.0437. The Kier molecular flexibility index (Phi) is 8.36. The monoisotopic (exact) mass is 635 g/mol. The molecular weight excluding hydrogens is 602 g/mol. The van der Waals surface area contributed by atoms with Gasteiger partial charge in [0.2, 0.25) is 15.9 Å². The van der Waals surface area contributed by atoms with Crippen LogP contribution in [-0.4, -0.2) is 63.9 Å². The third-order valence-corrected chi connectivity index (χ3v) is 9.15. The predicted octanol–water partition coefficient (Wildman–Crippen LogP) is 4.19. The fraction of sp³-hybridized carbons (Fsp3) is 0.323. The Morgan fingerprint density at radius 2 is 1.84 bits per heavy atom. The highest BCUT2D eigenvalue weighted by Crippen LogP contribution is 2.37. The maximum atomic E-state index is 14.1. The Labute approximate surface area is 261 Å². The fourth-order valence-electron chi connectivity index (χ4n) is 5.76. The van der Waals surface area contributed by atoms with E-state index in [-0.39, 0.29) is 50.7 Å². The van der Waals surface area contributed by atoms with Gasteiger partial charge in [0.15, 0.2) is 5.65 Å². The first-order valence-corrected chi connectivity index (χ1v) is 16.1. The molecule has 0 radical (unpaired) electrons. The van der Waals surface area contributed by atoms with Crippen LogP contribution in [0.25, 0.3) is 28.0 Å². The lowest BCUT2D eigenvalue weighted by Crippen LogP contribution is -2.58. The Morgan fingerprint density at radius 1 is 1.14 bits per heavy atom. The first-order chi connectivity index (χ1) is 20.7. The number of halogens is 1. The molecule has 0 aliphatic carbocycles. The Hall–Kier alpha value is -4.13. The van der Waals surface area contributed by atoms with Gasteiger partial charge in [-0.2, -0.15) is 4.98 Å². The van der Waals surface area contributed by atoms with E-state index in [0.717, 1.165) is 5.56 Å². The summed E-state index contributed by atoms with van der Waals surface area (Å²) in [6.45, 7) is 14.1. The molecule has 11 nitrogen and oxygen atoms in total. The second-order valence-electron chi connectivity index (χ2n) is 11.3. The number of hydrogen-bond donors (Lipinski definition) is 1. The van der Waals surface area contributed by atoms with Crippen molar-refractivity contribution in [3.8, 4) is 16.9 Å². The van der Waals surface area contributed by atoms with Crippen molar-refractivity contribution >= 4 is 44.4 Å². The summed E-state index contributed by atoms with van der Waals surface area (Å²) in [6, 6.07) is 9.21. The Morgan fingerprint density at radius 3 is 2.50 bits per heavy atom. The van der Waals surface area contributed by atoms with Gasteiger partial charge < -0.3 is 9.80 Å². The zero-order valence-corrected chi connectivity index (χ0v) is 26.7. The van der Waals surface area contributed by atoms with Gasteiger partial charge in [0.25, 0.3) is 0 Å². The van der Waals surface area contributed by atoms with Crippen molar-refractivity contribution < 1.29 is 13.2 Å². The number of rotatable bonds is 6. The highest BCUT2D eigenvalue weighted by Gasteiger charge is 2.34. The summed E-state index contributed by atoms with van der Waals surface area (Å²) < 4.78 is 26.5. The van der Waals surface area contributed by atoms with Crippen LogP contribution in [0.4, 0.5) is 5.82 Å². The number of benzene rings is 1. The van der Waals surface area contributed by atoms with Crippen molar-refractivity contribution in [1.29, 1.82) is 0 Å². The average molecular weight is 636 g/mol. The molecule has 1 fully saturated rings. The summed E-state index contributed by atoms with van der Waals surface area (Å²) in [7, 11) is -4.14. The van der Waals surface area contributed by atoms with Crippen LogP contribution in [0, 0.1) is 6.92 Å². The van der Waals surface area contributed by atoms with Crippen molar-refractivity contribution in [2.75, 3.05) is 18.0 Å². The fourth-order valence-corrected chi connectivity index (χ4v) is 6.75. The number of fused-ring (bicyclic) bond motifs is 1. The van der Waals surface area contributed by atoms with Gasteiger partial charge in [-0.05, 0) is 56.5 Å². The molecule has 5 rings (SSSR count). The van der Waals surface area contributed by atoms with E-state index in [0.29, 0.717) is 35.7 Å². The molecule has 1 amide bonds. The van der Waals surface area contributed by atoms with Crippen LogP contribution in [0.2, 0.25) is 5.02 Å². The normalized spacial score (nSPS) is 17.4. The number of pyridine rings is 2. The van der Waals surface area contributed by atoms with Gasteiger partial charge in [-0.25, -0.2) is 27.9 Å². The molecule has 1 saturated heterocycles. The highest BCUT2D eigenvalue weighted by molar-refractivity contribution is 7.89. The van der Waals surface area contributed by atoms with E-state index in [1.807, 2.05) is 39.5 Å². The number of sulfonamides is 1. The number of anilines is 1. The lowest BCUT2D eigenvalue weighted by atomic mass is 10.0. The lowest BCUT2D eigenvalue weighted by molar-refractivity contribution is -0.128. The third kappa shape index (κ3) is 5.49. The van der Waals surface area contributed by atoms with E-state index in [2.05, 4.69) is 16.5 Å². The van der Waals surface area contributed by atoms with Crippen LogP contribution in [0.5, 0.6) is 0 Å². The minimum Gasteiger partial charge on any atom is -0.349 e. The second-order valence-corrected chi connectivity index (χ2v) is 13.3. The van der Waals surface area contributed by atoms with Gasteiger partial charge in [-0.3, -0.25) is 9.78 Å². The van der Waals surface area contributed by atoms with Crippen molar-refractivity contribution in [3.63, 3.8) is 0 Å². The van der Waals surface area contributed by atoms with Gasteiger partial charge in [-0.1, -0.05) is 50.2 Å². The number of carbonyl (C=O) groups excluding carboxylic acids is 1. The first kappa shape index (κ1) is 31.3. The van der Waals surface area contributed by atoms with Crippen LogP contribution >= 0.6 is 11.6 Å². The second kappa shape index (κ2) is 11.8.